The Morgan fingerprint density at radius 3 is 2.84 bits per heavy atom. The summed E-state index contributed by atoms with van der Waals surface area (Å²) in [7, 11) is 0. The summed E-state index contributed by atoms with van der Waals surface area (Å²) in [6.45, 7) is 4.10. The molecule has 1 heterocycles. The van der Waals surface area contributed by atoms with Crippen LogP contribution in [0.2, 0.25) is 0 Å². The van der Waals surface area contributed by atoms with Gasteiger partial charge in [-0.15, -0.1) is 0 Å². The number of pyridine rings is 1. The number of nitrogens with two attached hydrogens (primary N) is 1. The Bertz CT molecular complexity index is 575. The summed E-state index contributed by atoms with van der Waals surface area (Å²) in [5.74, 6) is 0.250. The van der Waals surface area contributed by atoms with Gasteiger partial charge in [0.15, 0.2) is 0 Å². The SMILES string of the molecule is CC(C)C[C@H](N)C(=O)Nc1cccc2ncccc12. The highest BCUT2D eigenvalue weighted by Crippen LogP contribution is 2.21. The summed E-state index contributed by atoms with van der Waals surface area (Å²) in [5.41, 5.74) is 7.50. The first-order valence-corrected chi connectivity index (χ1v) is 6.48. The zero-order valence-corrected chi connectivity index (χ0v) is 11.3. The van der Waals surface area contributed by atoms with Crippen molar-refractivity contribution in [1.29, 1.82) is 0 Å². The number of nitrogens with one attached hydrogen (secondary N) is 1. The van der Waals surface area contributed by atoms with Gasteiger partial charge in [-0.3, -0.25) is 9.78 Å². The summed E-state index contributed by atoms with van der Waals surface area (Å²) in [6, 6.07) is 8.96. The maximum atomic E-state index is 12.0. The predicted molar refractivity (Wildman–Crippen MR) is 77.8 cm³/mol. The fraction of sp³-hybridized carbons (Fsp3) is 0.333. The first-order chi connectivity index (χ1) is 9.08. The Kier molecular flexibility index (Phi) is 4.12. The molecule has 100 valence electrons. The maximum absolute atomic E-state index is 12.0. The zero-order valence-electron chi connectivity index (χ0n) is 11.3. The molecule has 0 aliphatic rings. The molecular formula is C15H19N3O. The molecule has 0 aliphatic carbocycles. The Morgan fingerprint density at radius 2 is 2.11 bits per heavy atom. The lowest BCUT2D eigenvalue weighted by Crippen LogP contribution is -2.36. The highest BCUT2D eigenvalue weighted by atomic mass is 16.2. The molecule has 0 saturated heterocycles. The Balaban J connectivity index is 2.19. The van der Waals surface area contributed by atoms with Crippen molar-refractivity contribution >= 4 is 22.5 Å². The number of nitrogens with zero attached hydrogens (tertiary/aromatic N) is 1. The number of benzene rings is 1. The standard InChI is InChI=1S/C15H19N3O/c1-10(2)9-12(16)15(19)18-14-7-3-6-13-11(14)5-4-8-17-13/h3-8,10,12H,9,16H2,1-2H3,(H,18,19)/t12-/m0/s1. The molecule has 0 aliphatic heterocycles. The van der Waals surface area contributed by atoms with Crippen molar-refractivity contribution in [3.05, 3.63) is 36.5 Å². The molecule has 0 saturated carbocycles. The van der Waals surface area contributed by atoms with Gasteiger partial charge in [0.1, 0.15) is 0 Å². The molecule has 4 heteroatoms. The summed E-state index contributed by atoms with van der Waals surface area (Å²) < 4.78 is 0. The van der Waals surface area contributed by atoms with Gasteiger partial charge in [0, 0.05) is 11.6 Å². The second kappa shape index (κ2) is 5.80. The van der Waals surface area contributed by atoms with Crippen LogP contribution >= 0.6 is 0 Å². The molecule has 4 nitrogen and oxygen atoms in total. The minimum Gasteiger partial charge on any atom is -0.324 e. The van der Waals surface area contributed by atoms with Crippen LogP contribution in [0, 0.1) is 5.92 Å². The van der Waals surface area contributed by atoms with Crippen LogP contribution in [0.3, 0.4) is 0 Å². The zero-order chi connectivity index (χ0) is 13.8. The molecular weight excluding hydrogens is 238 g/mol. The second-order valence-corrected chi connectivity index (χ2v) is 5.10. The van der Waals surface area contributed by atoms with Crippen LogP contribution in [-0.4, -0.2) is 16.9 Å². The van der Waals surface area contributed by atoms with E-state index in [0.717, 1.165) is 16.6 Å². The molecule has 0 spiro atoms. The van der Waals surface area contributed by atoms with E-state index in [-0.39, 0.29) is 5.91 Å². The quantitative estimate of drug-likeness (QED) is 0.884. The van der Waals surface area contributed by atoms with Crippen LogP contribution in [0.1, 0.15) is 20.3 Å². The van der Waals surface area contributed by atoms with Gasteiger partial charge in [0.25, 0.3) is 0 Å². The third kappa shape index (κ3) is 3.29. The summed E-state index contributed by atoms with van der Waals surface area (Å²) in [4.78, 5) is 16.3. The van der Waals surface area contributed by atoms with E-state index in [1.807, 2.05) is 30.3 Å². The van der Waals surface area contributed by atoms with Crippen LogP contribution in [0.5, 0.6) is 0 Å². The number of rotatable bonds is 4. The number of carbonyl (C=O) groups excluding carboxylic acids is 1. The van der Waals surface area contributed by atoms with Crippen LogP contribution in [0.25, 0.3) is 10.9 Å². The summed E-state index contributed by atoms with van der Waals surface area (Å²) >= 11 is 0. The monoisotopic (exact) mass is 257 g/mol. The predicted octanol–water partition coefficient (Wildman–Crippen LogP) is 2.55. The third-order valence-corrected chi connectivity index (χ3v) is 2.97. The molecule has 1 atom stereocenters. The fourth-order valence-corrected chi connectivity index (χ4v) is 2.05. The van der Waals surface area contributed by atoms with Gasteiger partial charge in [-0.2, -0.15) is 0 Å². The molecule has 2 aromatic rings. The molecule has 1 amide bonds. The molecule has 2 rings (SSSR count). The van der Waals surface area contributed by atoms with E-state index in [4.69, 9.17) is 5.73 Å². The van der Waals surface area contributed by atoms with E-state index in [2.05, 4.69) is 24.1 Å². The number of fused-ring (bicyclic) bond motifs is 1. The van der Waals surface area contributed by atoms with Crippen molar-refractivity contribution in [2.45, 2.75) is 26.3 Å². The molecule has 1 aromatic heterocycles. The van der Waals surface area contributed by atoms with Crippen LogP contribution in [0.15, 0.2) is 36.5 Å². The van der Waals surface area contributed by atoms with E-state index in [1.165, 1.54) is 0 Å². The lowest BCUT2D eigenvalue weighted by atomic mass is 10.0. The van der Waals surface area contributed by atoms with E-state index in [1.54, 1.807) is 6.20 Å². The average Bonchev–Trinajstić information content (AvgIpc) is 2.38. The third-order valence-electron chi connectivity index (χ3n) is 2.97. The molecule has 3 N–H and O–H groups in total. The van der Waals surface area contributed by atoms with Crippen molar-refractivity contribution in [3.63, 3.8) is 0 Å². The van der Waals surface area contributed by atoms with E-state index >= 15 is 0 Å². The number of anilines is 1. The Morgan fingerprint density at radius 1 is 1.32 bits per heavy atom. The minimum absolute atomic E-state index is 0.148. The van der Waals surface area contributed by atoms with Crippen molar-refractivity contribution in [2.24, 2.45) is 11.7 Å². The number of carbonyl (C=O) groups is 1. The lowest BCUT2D eigenvalue weighted by Gasteiger charge is -2.15. The highest BCUT2D eigenvalue weighted by molar-refractivity contribution is 6.02. The van der Waals surface area contributed by atoms with Crippen molar-refractivity contribution in [1.82, 2.24) is 4.98 Å². The van der Waals surface area contributed by atoms with Crippen molar-refractivity contribution < 1.29 is 4.79 Å². The van der Waals surface area contributed by atoms with Gasteiger partial charge in [0.05, 0.1) is 17.2 Å². The lowest BCUT2D eigenvalue weighted by molar-refractivity contribution is -0.117. The fourth-order valence-electron chi connectivity index (χ4n) is 2.05. The Hall–Kier alpha value is -1.94. The molecule has 0 bridgehead atoms. The summed E-state index contributed by atoms with van der Waals surface area (Å²) in [5, 5.41) is 3.81. The first kappa shape index (κ1) is 13.5. The molecule has 0 unspecified atom stereocenters. The number of amides is 1. The van der Waals surface area contributed by atoms with Gasteiger partial charge in [-0.25, -0.2) is 0 Å². The van der Waals surface area contributed by atoms with Gasteiger partial charge in [-0.1, -0.05) is 19.9 Å². The van der Waals surface area contributed by atoms with Crippen molar-refractivity contribution in [3.8, 4) is 0 Å². The molecule has 1 aromatic carbocycles. The highest BCUT2D eigenvalue weighted by Gasteiger charge is 2.15. The van der Waals surface area contributed by atoms with Gasteiger partial charge in [0.2, 0.25) is 5.91 Å². The molecule has 0 radical (unpaired) electrons. The van der Waals surface area contributed by atoms with Crippen LogP contribution in [0.4, 0.5) is 5.69 Å². The smallest absolute Gasteiger partial charge is 0.241 e. The number of hydrogen-bond acceptors (Lipinski definition) is 3. The van der Waals surface area contributed by atoms with Gasteiger partial charge < -0.3 is 11.1 Å². The van der Waals surface area contributed by atoms with E-state index < -0.39 is 6.04 Å². The summed E-state index contributed by atoms with van der Waals surface area (Å²) in [6.07, 6.45) is 2.41. The normalized spacial score (nSPS) is 12.6. The van der Waals surface area contributed by atoms with E-state index in [9.17, 15) is 4.79 Å². The number of aromatic nitrogens is 1. The van der Waals surface area contributed by atoms with Gasteiger partial charge in [-0.05, 0) is 36.6 Å². The maximum Gasteiger partial charge on any atom is 0.241 e. The first-order valence-electron chi connectivity index (χ1n) is 6.48. The van der Waals surface area contributed by atoms with E-state index in [0.29, 0.717) is 12.3 Å². The van der Waals surface area contributed by atoms with Crippen molar-refractivity contribution in [2.75, 3.05) is 5.32 Å². The number of hydrogen-bond donors (Lipinski definition) is 2. The average molecular weight is 257 g/mol. The molecule has 0 fully saturated rings. The topological polar surface area (TPSA) is 68.0 Å². The largest absolute Gasteiger partial charge is 0.324 e. The van der Waals surface area contributed by atoms with Crippen LogP contribution < -0.4 is 11.1 Å². The second-order valence-electron chi connectivity index (χ2n) is 5.10. The van der Waals surface area contributed by atoms with Gasteiger partial charge >= 0.3 is 0 Å². The molecule has 19 heavy (non-hydrogen) atoms. The van der Waals surface area contributed by atoms with Crippen LogP contribution in [-0.2, 0) is 4.79 Å². The minimum atomic E-state index is -0.480. The Labute approximate surface area is 113 Å².